The van der Waals surface area contributed by atoms with Gasteiger partial charge in [0.2, 0.25) is 0 Å². The van der Waals surface area contributed by atoms with Crippen molar-refractivity contribution in [2.75, 3.05) is 21.2 Å². The van der Waals surface area contributed by atoms with Crippen LogP contribution in [0.5, 0.6) is 5.75 Å². The van der Waals surface area contributed by atoms with E-state index in [2.05, 4.69) is 4.74 Å². The Bertz CT molecular complexity index is 675. The molecule has 0 aliphatic heterocycles. The molecular formula is C14H15NO4S. The summed E-state index contributed by atoms with van der Waals surface area (Å²) in [4.78, 5) is 25.1. The Morgan fingerprint density at radius 3 is 2.65 bits per heavy atom. The number of carbonyl (C=O) groups is 2. The topological polar surface area (TPSA) is 66.8 Å². The first-order valence-corrected chi connectivity index (χ1v) is 6.83. The lowest BCUT2D eigenvalue weighted by molar-refractivity contribution is -0.139. The number of esters is 1. The van der Waals surface area contributed by atoms with E-state index < -0.39 is 0 Å². The van der Waals surface area contributed by atoms with Crippen molar-refractivity contribution in [2.24, 2.45) is 0 Å². The number of amides is 1. The van der Waals surface area contributed by atoms with E-state index in [9.17, 15) is 14.7 Å². The van der Waals surface area contributed by atoms with Crippen molar-refractivity contribution in [3.63, 3.8) is 0 Å². The zero-order valence-electron chi connectivity index (χ0n) is 11.5. The first kappa shape index (κ1) is 14.3. The number of nitrogens with zero attached hydrogens (tertiary/aromatic N) is 1. The molecule has 2 aromatic rings. The largest absolute Gasteiger partial charge is 0.508 e. The molecule has 0 spiro atoms. The van der Waals surface area contributed by atoms with E-state index in [0.717, 1.165) is 10.3 Å². The number of methoxy groups -OCH3 is 1. The molecule has 0 saturated heterocycles. The fourth-order valence-electron chi connectivity index (χ4n) is 1.99. The number of carbonyl (C=O) groups excluding carboxylic acids is 2. The summed E-state index contributed by atoms with van der Waals surface area (Å²) < 4.78 is 5.44. The van der Waals surface area contributed by atoms with Gasteiger partial charge in [-0.1, -0.05) is 0 Å². The van der Waals surface area contributed by atoms with Gasteiger partial charge in [-0.15, -0.1) is 11.3 Å². The number of hydrogen-bond acceptors (Lipinski definition) is 5. The molecule has 1 heterocycles. The van der Waals surface area contributed by atoms with Crippen LogP contribution in [0.25, 0.3) is 10.1 Å². The van der Waals surface area contributed by atoms with Gasteiger partial charge in [-0.3, -0.25) is 9.59 Å². The van der Waals surface area contributed by atoms with Crippen LogP contribution in [-0.4, -0.2) is 43.1 Å². The molecule has 0 unspecified atom stereocenters. The third-order valence-corrected chi connectivity index (χ3v) is 3.91. The van der Waals surface area contributed by atoms with Crippen molar-refractivity contribution in [3.05, 3.63) is 28.6 Å². The minimum atomic E-state index is -0.360. The van der Waals surface area contributed by atoms with Gasteiger partial charge in [0.25, 0.3) is 5.91 Å². The lowest BCUT2D eigenvalue weighted by Gasteiger charge is -2.12. The summed E-state index contributed by atoms with van der Waals surface area (Å²) in [6, 6.07) is 3.02. The minimum absolute atomic E-state index is 0.0363. The summed E-state index contributed by atoms with van der Waals surface area (Å²) in [6.45, 7) is 0. The SMILES string of the molecule is COC(=O)Cc1csc2cc(O)cc(C(=O)N(C)C)c12. The average Bonchev–Trinajstić information content (AvgIpc) is 2.79. The Morgan fingerprint density at radius 1 is 1.35 bits per heavy atom. The monoisotopic (exact) mass is 293 g/mol. The highest BCUT2D eigenvalue weighted by Crippen LogP contribution is 2.33. The molecule has 0 aliphatic rings. The van der Waals surface area contributed by atoms with Gasteiger partial charge in [-0.2, -0.15) is 0 Å². The van der Waals surface area contributed by atoms with E-state index in [0.29, 0.717) is 10.9 Å². The maximum atomic E-state index is 12.2. The minimum Gasteiger partial charge on any atom is -0.508 e. The Kier molecular flexibility index (Phi) is 3.94. The summed E-state index contributed by atoms with van der Waals surface area (Å²) in [6.07, 6.45) is 0.106. The van der Waals surface area contributed by atoms with Crippen LogP contribution in [0.15, 0.2) is 17.5 Å². The molecule has 6 heteroatoms. The van der Waals surface area contributed by atoms with Crippen LogP contribution in [0, 0.1) is 0 Å². The lowest BCUT2D eigenvalue weighted by atomic mass is 10.0. The Morgan fingerprint density at radius 2 is 2.05 bits per heavy atom. The van der Waals surface area contributed by atoms with Crippen LogP contribution in [0.1, 0.15) is 15.9 Å². The summed E-state index contributed by atoms with van der Waals surface area (Å²) in [5.41, 5.74) is 1.13. The predicted octanol–water partition coefficient (Wildman–Crippen LogP) is 2.02. The highest BCUT2D eigenvalue weighted by atomic mass is 32.1. The van der Waals surface area contributed by atoms with Gasteiger partial charge in [0.05, 0.1) is 19.1 Å². The zero-order chi connectivity index (χ0) is 14.9. The van der Waals surface area contributed by atoms with Gasteiger partial charge >= 0.3 is 5.97 Å². The second-order valence-electron chi connectivity index (χ2n) is 4.58. The lowest BCUT2D eigenvalue weighted by Crippen LogP contribution is -2.22. The number of rotatable bonds is 3. The summed E-state index contributed by atoms with van der Waals surface area (Å²) in [7, 11) is 4.61. The number of phenols is 1. The van der Waals surface area contributed by atoms with Gasteiger partial charge in [0.15, 0.2) is 0 Å². The zero-order valence-corrected chi connectivity index (χ0v) is 12.3. The number of phenolic OH excluding ortho intramolecular Hbond substituents is 1. The number of aromatic hydroxyl groups is 1. The molecule has 1 aromatic heterocycles. The van der Waals surface area contributed by atoms with E-state index in [-0.39, 0.29) is 24.0 Å². The van der Waals surface area contributed by atoms with Crippen molar-refractivity contribution in [2.45, 2.75) is 6.42 Å². The van der Waals surface area contributed by atoms with E-state index in [1.54, 1.807) is 20.2 Å². The van der Waals surface area contributed by atoms with Crippen LogP contribution in [-0.2, 0) is 16.0 Å². The van der Waals surface area contributed by atoms with Crippen molar-refractivity contribution in [1.82, 2.24) is 4.90 Å². The Hall–Kier alpha value is -2.08. The maximum absolute atomic E-state index is 12.2. The van der Waals surface area contributed by atoms with Crippen molar-refractivity contribution in [1.29, 1.82) is 0 Å². The second kappa shape index (κ2) is 5.50. The van der Waals surface area contributed by atoms with Crippen molar-refractivity contribution < 1.29 is 19.4 Å². The normalized spacial score (nSPS) is 10.6. The van der Waals surface area contributed by atoms with Gasteiger partial charge in [-0.05, 0) is 23.1 Å². The molecule has 0 saturated carbocycles. The Balaban J connectivity index is 2.62. The van der Waals surface area contributed by atoms with Gasteiger partial charge in [0.1, 0.15) is 5.75 Å². The summed E-state index contributed by atoms with van der Waals surface area (Å²) in [5, 5.41) is 12.2. The molecule has 20 heavy (non-hydrogen) atoms. The van der Waals surface area contributed by atoms with Crippen LogP contribution < -0.4 is 0 Å². The Labute approximate surface area is 120 Å². The van der Waals surface area contributed by atoms with Crippen molar-refractivity contribution in [3.8, 4) is 5.75 Å². The van der Waals surface area contributed by atoms with E-state index >= 15 is 0 Å². The molecule has 0 aliphatic carbocycles. The molecule has 5 nitrogen and oxygen atoms in total. The van der Waals surface area contributed by atoms with Crippen LogP contribution in [0.2, 0.25) is 0 Å². The highest BCUT2D eigenvalue weighted by Gasteiger charge is 2.19. The molecular weight excluding hydrogens is 278 g/mol. The molecule has 106 valence electrons. The van der Waals surface area contributed by atoms with E-state index in [4.69, 9.17) is 0 Å². The van der Waals surface area contributed by atoms with Crippen LogP contribution in [0.3, 0.4) is 0 Å². The molecule has 2 rings (SSSR count). The summed E-state index contributed by atoms with van der Waals surface area (Å²) in [5.74, 6) is -0.536. The standard InChI is InChI=1S/C14H15NO4S/c1-15(2)14(18)10-5-9(16)6-11-13(10)8(7-20-11)4-12(17)19-3/h5-7,16H,4H2,1-3H3. The molecule has 0 radical (unpaired) electrons. The average molecular weight is 293 g/mol. The molecule has 1 N–H and O–H groups in total. The van der Waals surface area contributed by atoms with Gasteiger partial charge < -0.3 is 14.7 Å². The molecule has 0 fully saturated rings. The summed E-state index contributed by atoms with van der Waals surface area (Å²) >= 11 is 1.39. The second-order valence-corrected chi connectivity index (χ2v) is 5.49. The number of ether oxygens (including phenoxy) is 1. The molecule has 1 amide bonds. The predicted molar refractivity (Wildman–Crippen MR) is 77.2 cm³/mol. The van der Waals surface area contributed by atoms with Crippen LogP contribution in [0.4, 0.5) is 0 Å². The molecule has 0 bridgehead atoms. The van der Waals surface area contributed by atoms with Gasteiger partial charge in [0, 0.05) is 24.2 Å². The fraction of sp³-hybridized carbons (Fsp3) is 0.286. The van der Waals surface area contributed by atoms with Crippen molar-refractivity contribution >= 4 is 33.3 Å². The number of hydrogen-bond donors (Lipinski definition) is 1. The van der Waals surface area contributed by atoms with E-state index in [1.807, 2.05) is 5.38 Å². The first-order valence-electron chi connectivity index (χ1n) is 5.95. The molecule has 0 atom stereocenters. The quantitative estimate of drug-likeness (QED) is 0.879. The third-order valence-electron chi connectivity index (χ3n) is 2.94. The maximum Gasteiger partial charge on any atom is 0.310 e. The number of fused-ring (bicyclic) bond motifs is 1. The highest BCUT2D eigenvalue weighted by molar-refractivity contribution is 7.17. The smallest absolute Gasteiger partial charge is 0.310 e. The first-order chi connectivity index (χ1) is 9.43. The van der Waals surface area contributed by atoms with Gasteiger partial charge in [-0.25, -0.2) is 0 Å². The number of thiophene rings is 1. The molecule has 1 aromatic carbocycles. The van der Waals surface area contributed by atoms with Crippen LogP contribution >= 0.6 is 11.3 Å². The third kappa shape index (κ3) is 2.60. The van der Waals surface area contributed by atoms with E-state index in [1.165, 1.54) is 29.4 Å². The number of benzene rings is 1. The fourth-order valence-corrected chi connectivity index (χ4v) is 3.00.